The predicted octanol–water partition coefficient (Wildman–Crippen LogP) is 4.42. The van der Waals surface area contributed by atoms with E-state index in [1.807, 2.05) is 36.4 Å². The molecular formula is C17H18Cl2N4S2. The minimum absolute atomic E-state index is 0.518. The van der Waals surface area contributed by atoms with Crippen LogP contribution in [0, 0.1) is 0 Å². The maximum atomic E-state index is 6.32. The van der Waals surface area contributed by atoms with Gasteiger partial charge in [-0.05, 0) is 66.2 Å². The fourth-order valence-electron chi connectivity index (χ4n) is 2.15. The Morgan fingerprint density at radius 2 is 1.20 bits per heavy atom. The summed E-state index contributed by atoms with van der Waals surface area (Å²) in [5, 5.41) is 14.0. The molecule has 2 rings (SSSR count). The van der Waals surface area contributed by atoms with Crippen LogP contribution in [0.5, 0.6) is 0 Å². The van der Waals surface area contributed by atoms with E-state index >= 15 is 0 Å². The highest BCUT2D eigenvalue weighted by molar-refractivity contribution is 7.80. The van der Waals surface area contributed by atoms with Gasteiger partial charge in [0.1, 0.15) is 0 Å². The molecule has 0 spiro atoms. The lowest BCUT2D eigenvalue weighted by atomic mass is 10.0. The normalized spacial score (nSPS) is 10.1. The molecule has 25 heavy (non-hydrogen) atoms. The fraction of sp³-hybridized carbons (Fsp3) is 0.176. The number of anilines is 2. The summed E-state index contributed by atoms with van der Waals surface area (Å²) in [4.78, 5) is 0. The zero-order valence-electron chi connectivity index (χ0n) is 13.7. The van der Waals surface area contributed by atoms with Crippen molar-refractivity contribution in [2.75, 3.05) is 24.7 Å². The van der Waals surface area contributed by atoms with E-state index in [0.717, 1.165) is 22.5 Å². The lowest BCUT2D eigenvalue weighted by molar-refractivity contribution is 1.18. The highest BCUT2D eigenvalue weighted by Gasteiger charge is 2.07. The second-order valence-electron chi connectivity index (χ2n) is 5.21. The van der Waals surface area contributed by atoms with Crippen LogP contribution in [-0.2, 0) is 6.42 Å². The molecule has 132 valence electrons. The first kappa shape index (κ1) is 19.7. The van der Waals surface area contributed by atoms with E-state index in [4.69, 9.17) is 47.6 Å². The van der Waals surface area contributed by atoms with Crippen LogP contribution in [0.1, 0.15) is 11.1 Å². The van der Waals surface area contributed by atoms with Gasteiger partial charge in [-0.25, -0.2) is 0 Å². The van der Waals surface area contributed by atoms with E-state index in [2.05, 4.69) is 21.3 Å². The van der Waals surface area contributed by atoms with Crippen molar-refractivity contribution in [3.63, 3.8) is 0 Å². The predicted molar refractivity (Wildman–Crippen MR) is 116 cm³/mol. The van der Waals surface area contributed by atoms with Crippen molar-refractivity contribution in [3.8, 4) is 0 Å². The van der Waals surface area contributed by atoms with Gasteiger partial charge in [0.15, 0.2) is 10.2 Å². The number of halogens is 2. The van der Waals surface area contributed by atoms with Gasteiger partial charge in [0.05, 0.1) is 21.4 Å². The average molecular weight is 413 g/mol. The van der Waals surface area contributed by atoms with Crippen LogP contribution in [0.2, 0.25) is 10.0 Å². The highest BCUT2D eigenvalue weighted by Crippen LogP contribution is 2.27. The lowest BCUT2D eigenvalue weighted by Crippen LogP contribution is -2.24. The Bertz CT molecular complexity index is 731. The third-order valence-corrected chi connectivity index (χ3v) is 4.66. The zero-order valence-corrected chi connectivity index (χ0v) is 16.9. The smallest absolute Gasteiger partial charge is 0.170 e. The van der Waals surface area contributed by atoms with Gasteiger partial charge in [-0.1, -0.05) is 35.3 Å². The summed E-state index contributed by atoms with van der Waals surface area (Å²) in [6.07, 6.45) is 0.715. The third-order valence-electron chi connectivity index (χ3n) is 3.43. The van der Waals surface area contributed by atoms with E-state index in [0.29, 0.717) is 26.7 Å². The molecule has 0 saturated heterocycles. The van der Waals surface area contributed by atoms with E-state index in [9.17, 15) is 0 Å². The minimum Gasteiger partial charge on any atom is -0.366 e. The number of nitrogens with one attached hydrogen (secondary N) is 4. The molecule has 0 aliphatic heterocycles. The van der Waals surface area contributed by atoms with Gasteiger partial charge in [-0.3, -0.25) is 0 Å². The SMILES string of the molecule is CNC(=S)Nc1ccc(Cc2ccc(NC(=S)NC)c(Cl)c2)cc1Cl. The number of thiocarbonyl (C=S) groups is 2. The van der Waals surface area contributed by atoms with Crippen LogP contribution in [0.4, 0.5) is 11.4 Å². The quantitative estimate of drug-likeness (QED) is 0.557. The molecule has 0 fully saturated rings. The van der Waals surface area contributed by atoms with Gasteiger partial charge >= 0.3 is 0 Å². The fourth-order valence-corrected chi connectivity index (χ4v) is 2.87. The number of hydrogen-bond acceptors (Lipinski definition) is 2. The van der Waals surface area contributed by atoms with Crippen molar-refractivity contribution in [3.05, 3.63) is 57.6 Å². The van der Waals surface area contributed by atoms with Crippen LogP contribution in [-0.4, -0.2) is 24.3 Å². The Labute approximate surface area is 168 Å². The van der Waals surface area contributed by atoms with Gasteiger partial charge in [0, 0.05) is 14.1 Å². The van der Waals surface area contributed by atoms with Gasteiger partial charge in [0.2, 0.25) is 0 Å². The van der Waals surface area contributed by atoms with Crippen molar-refractivity contribution in [2.45, 2.75) is 6.42 Å². The van der Waals surface area contributed by atoms with Gasteiger partial charge in [-0.15, -0.1) is 0 Å². The molecule has 0 amide bonds. The van der Waals surface area contributed by atoms with E-state index in [1.165, 1.54) is 0 Å². The largest absolute Gasteiger partial charge is 0.366 e. The molecule has 0 aliphatic rings. The summed E-state index contributed by atoms with van der Waals surface area (Å²) < 4.78 is 0. The Morgan fingerprint density at radius 3 is 1.52 bits per heavy atom. The Balaban J connectivity index is 2.11. The molecule has 2 aromatic rings. The summed E-state index contributed by atoms with van der Waals surface area (Å²) in [6.45, 7) is 0. The van der Waals surface area contributed by atoms with Crippen molar-refractivity contribution in [2.24, 2.45) is 0 Å². The number of benzene rings is 2. The van der Waals surface area contributed by atoms with E-state index in [1.54, 1.807) is 14.1 Å². The third kappa shape index (κ3) is 5.71. The summed E-state index contributed by atoms with van der Waals surface area (Å²) in [5.74, 6) is 0. The lowest BCUT2D eigenvalue weighted by Gasteiger charge is -2.12. The maximum absolute atomic E-state index is 6.32. The second kappa shape index (κ2) is 9.20. The standard InChI is InChI=1S/C17H18Cl2N4S2/c1-20-16(24)22-14-5-3-10(8-12(14)18)7-11-4-6-15(13(19)9-11)23-17(25)21-2/h3-6,8-9H,7H2,1-2H3,(H2,20,22,24)(H2,21,23,25). The minimum atomic E-state index is 0.518. The summed E-state index contributed by atoms with van der Waals surface area (Å²) in [6, 6.07) is 11.6. The molecule has 0 unspecified atom stereocenters. The van der Waals surface area contributed by atoms with Crippen LogP contribution >= 0.6 is 47.6 Å². The number of hydrogen-bond donors (Lipinski definition) is 4. The van der Waals surface area contributed by atoms with Crippen LogP contribution < -0.4 is 21.3 Å². The first-order valence-corrected chi connectivity index (χ1v) is 9.04. The molecule has 0 radical (unpaired) electrons. The Hall–Kier alpha value is -1.60. The Kier molecular flexibility index (Phi) is 7.25. The van der Waals surface area contributed by atoms with Crippen molar-refractivity contribution in [1.82, 2.24) is 10.6 Å². The summed E-state index contributed by atoms with van der Waals surface area (Å²) in [7, 11) is 3.51. The van der Waals surface area contributed by atoms with Gasteiger partial charge in [-0.2, -0.15) is 0 Å². The van der Waals surface area contributed by atoms with Crippen LogP contribution in [0.25, 0.3) is 0 Å². The zero-order chi connectivity index (χ0) is 18.4. The topological polar surface area (TPSA) is 48.1 Å². The number of rotatable bonds is 4. The molecule has 8 heteroatoms. The second-order valence-corrected chi connectivity index (χ2v) is 6.84. The van der Waals surface area contributed by atoms with Crippen LogP contribution in [0.3, 0.4) is 0 Å². The van der Waals surface area contributed by atoms with E-state index in [-0.39, 0.29) is 0 Å². The molecular weight excluding hydrogens is 395 g/mol. The van der Waals surface area contributed by atoms with Gasteiger partial charge in [0.25, 0.3) is 0 Å². The van der Waals surface area contributed by atoms with Crippen molar-refractivity contribution >= 4 is 69.2 Å². The molecule has 0 aromatic heterocycles. The first-order valence-electron chi connectivity index (χ1n) is 7.47. The summed E-state index contributed by atoms with van der Waals surface area (Å²) in [5.41, 5.74) is 3.69. The molecule has 0 heterocycles. The molecule has 2 aromatic carbocycles. The first-order chi connectivity index (χ1) is 11.9. The van der Waals surface area contributed by atoms with Crippen LogP contribution in [0.15, 0.2) is 36.4 Å². The van der Waals surface area contributed by atoms with Crippen molar-refractivity contribution in [1.29, 1.82) is 0 Å². The van der Waals surface area contributed by atoms with Gasteiger partial charge < -0.3 is 21.3 Å². The highest BCUT2D eigenvalue weighted by atomic mass is 35.5. The molecule has 4 nitrogen and oxygen atoms in total. The monoisotopic (exact) mass is 412 g/mol. The average Bonchev–Trinajstić information content (AvgIpc) is 2.59. The Morgan fingerprint density at radius 1 is 0.800 bits per heavy atom. The summed E-state index contributed by atoms with van der Waals surface area (Å²) >= 11 is 22.8. The molecule has 0 atom stereocenters. The maximum Gasteiger partial charge on any atom is 0.170 e. The molecule has 0 saturated carbocycles. The van der Waals surface area contributed by atoms with E-state index < -0.39 is 0 Å². The van der Waals surface area contributed by atoms with Crippen molar-refractivity contribution < 1.29 is 0 Å². The molecule has 4 N–H and O–H groups in total. The molecule has 0 bridgehead atoms. The molecule has 0 aliphatic carbocycles.